The molecule has 1 N–H and O–H groups in total. The van der Waals surface area contributed by atoms with E-state index >= 15 is 8.78 Å². The highest BCUT2D eigenvalue weighted by molar-refractivity contribution is 6.30. The fraction of sp³-hybridized carbons (Fsp3) is 0.467. The van der Waals surface area contributed by atoms with E-state index in [1.807, 2.05) is 0 Å². The second-order valence-corrected chi connectivity index (χ2v) is 11.6. The minimum absolute atomic E-state index is 0.0515. The Hall–Kier alpha value is -3.47. The number of carboxylic acids is 1. The van der Waals surface area contributed by atoms with Crippen LogP contribution in [0.3, 0.4) is 0 Å². The summed E-state index contributed by atoms with van der Waals surface area (Å²) in [5, 5.41) is 8.88. The van der Waals surface area contributed by atoms with Gasteiger partial charge in [-0.25, -0.2) is 18.0 Å². The molecule has 2 aliphatic heterocycles. The molecule has 14 heteroatoms. The van der Waals surface area contributed by atoms with Crippen molar-refractivity contribution < 1.29 is 50.5 Å². The molecule has 0 radical (unpaired) electrons. The molecule has 2 aromatic rings. The van der Waals surface area contributed by atoms with Crippen molar-refractivity contribution in [2.75, 3.05) is 26.4 Å². The number of alkyl halides is 4. The topological polar surface area (TPSA) is 79.3 Å². The number of benzene rings is 2. The number of carbonyl (C=O) groups excluding carboxylic acids is 1. The van der Waals surface area contributed by atoms with Crippen LogP contribution in [-0.4, -0.2) is 71.0 Å². The molecule has 2 heterocycles. The molecule has 3 fully saturated rings. The number of aliphatic carboxylic acids is 1. The van der Waals surface area contributed by atoms with Crippen molar-refractivity contribution in [3.8, 4) is 18.1 Å². The molecule has 7 nitrogen and oxygen atoms in total. The van der Waals surface area contributed by atoms with Crippen molar-refractivity contribution >= 4 is 23.5 Å². The Morgan fingerprint density at radius 1 is 1.16 bits per heavy atom. The van der Waals surface area contributed by atoms with Gasteiger partial charge in [-0.15, -0.1) is 6.42 Å². The van der Waals surface area contributed by atoms with Gasteiger partial charge in [0.1, 0.15) is 36.4 Å². The van der Waals surface area contributed by atoms with Gasteiger partial charge in [0.2, 0.25) is 0 Å². The van der Waals surface area contributed by atoms with E-state index in [0.717, 1.165) is 23.8 Å². The van der Waals surface area contributed by atoms with Crippen LogP contribution in [0.5, 0.6) is 5.75 Å². The van der Waals surface area contributed by atoms with Crippen LogP contribution < -0.4 is 4.74 Å². The second-order valence-electron chi connectivity index (χ2n) is 11.2. The predicted molar refractivity (Wildman–Crippen MR) is 145 cm³/mol. The van der Waals surface area contributed by atoms with Crippen molar-refractivity contribution in [2.24, 2.45) is 0 Å². The molecule has 1 amide bonds. The number of hydrogen-bond donors (Lipinski definition) is 1. The first kappa shape index (κ1) is 31.9. The highest BCUT2D eigenvalue weighted by Gasteiger charge is 2.44. The number of likely N-dealkylation sites (tertiary alicyclic amines) is 1. The number of carboxylic acid groups (broad SMARTS) is 1. The maximum Gasteiger partial charge on any atom is 0.416 e. The molecule has 0 spiro atoms. The molecule has 0 unspecified atom stereocenters. The summed E-state index contributed by atoms with van der Waals surface area (Å²) in [7, 11) is 0. The Labute approximate surface area is 253 Å². The Balaban J connectivity index is 1.25. The molecule has 2 saturated heterocycles. The molecule has 5 rings (SSSR count). The minimum atomic E-state index is -4.71. The van der Waals surface area contributed by atoms with E-state index in [4.69, 9.17) is 27.5 Å². The van der Waals surface area contributed by atoms with Gasteiger partial charge in [-0.1, -0.05) is 17.5 Å². The Morgan fingerprint density at radius 2 is 1.84 bits per heavy atom. The van der Waals surface area contributed by atoms with Crippen molar-refractivity contribution in [3.63, 3.8) is 0 Å². The lowest BCUT2D eigenvalue weighted by Gasteiger charge is -2.36. The summed E-state index contributed by atoms with van der Waals surface area (Å²) >= 11 is 5.67. The van der Waals surface area contributed by atoms with Gasteiger partial charge < -0.3 is 14.6 Å². The van der Waals surface area contributed by atoms with Gasteiger partial charge >= 0.3 is 12.1 Å². The summed E-state index contributed by atoms with van der Waals surface area (Å²) in [6.45, 7) is -0.915. The van der Waals surface area contributed by atoms with E-state index in [9.17, 15) is 32.3 Å². The van der Waals surface area contributed by atoms with Crippen LogP contribution in [0.4, 0.5) is 26.3 Å². The third-order valence-electron chi connectivity index (χ3n) is 8.10. The number of nitrogens with zero attached hydrogens (tertiary/aromatic N) is 2. The molecule has 0 bridgehead atoms. The predicted octanol–water partition coefficient (Wildman–Crippen LogP) is 5.78. The van der Waals surface area contributed by atoms with Gasteiger partial charge in [-0.3, -0.25) is 14.6 Å². The van der Waals surface area contributed by atoms with Crippen molar-refractivity contribution in [1.82, 2.24) is 9.80 Å². The SMILES string of the molecule is C#C[C@H]1OCN(C(=O)c2cc(C3CC3)c(OCC3(F)CCN(Cc4cc(C(F)(F)F)cc(Cl)c4F)CC3)cc2F)[C@@H]1C(=O)O. The zero-order valence-corrected chi connectivity index (χ0v) is 23.9. The lowest BCUT2D eigenvalue weighted by atomic mass is 9.93. The smallest absolute Gasteiger partial charge is 0.416 e. The fourth-order valence-electron chi connectivity index (χ4n) is 5.44. The average Bonchev–Trinajstić information content (AvgIpc) is 3.71. The number of amides is 1. The van der Waals surface area contributed by atoms with Crippen LogP contribution in [0, 0.1) is 24.0 Å². The lowest BCUT2D eigenvalue weighted by Crippen LogP contribution is -2.45. The van der Waals surface area contributed by atoms with E-state index in [0.29, 0.717) is 17.7 Å². The number of terminal acetylenes is 1. The van der Waals surface area contributed by atoms with Gasteiger partial charge in [0.05, 0.1) is 16.1 Å². The highest BCUT2D eigenvalue weighted by atomic mass is 35.5. The van der Waals surface area contributed by atoms with Gasteiger partial charge in [-0.05, 0) is 55.4 Å². The largest absolute Gasteiger partial charge is 0.490 e. The first-order chi connectivity index (χ1) is 20.7. The second kappa shape index (κ2) is 12.1. The molecule has 0 aromatic heterocycles. The molecule has 1 saturated carbocycles. The molecule has 2 atom stereocenters. The molecule has 2 aromatic carbocycles. The Morgan fingerprint density at radius 3 is 2.43 bits per heavy atom. The highest BCUT2D eigenvalue weighted by Crippen LogP contribution is 2.46. The van der Waals surface area contributed by atoms with Crippen LogP contribution in [0.15, 0.2) is 24.3 Å². The lowest BCUT2D eigenvalue weighted by molar-refractivity contribution is -0.141. The number of rotatable bonds is 8. The van der Waals surface area contributed by atoms with E-state index in [2.05, 4.69) is 5.92 Å². The van der Waals surface area contributed by atoms with Crippen LogP contribution in [0.25, 0.3) is 0 Å². The maximum absolute atomic E-state index is 15.7. The number of ether oxygens (including phenoxy) is 2. The van der Waals surface area contributed by atoms with E-state index in [1.165, 1.54) is 6.07 Å². The maximum atomic E-state index is 15.7. The molecule has 44 heavy (non-hydrogen) atoms. The molecule has 236 valence electrons. The fourth-order valence-corrected chi connectivity index (χ4v) is 5.68. The number of hydrogen-bond acceptors (Lipinski definition) is 5. The van der Waals surface area contributed by atoms with Crippen molar-refractivity contribution in [2.45, 2.75) is 62.1 Å². The summed E-state index contributed by atoms with van der Waals surface area (Å²) < 4.78 is 95.9. The van der Waals surface area contributed by atoms with Crippen molar-refractivity contribution in [1.29, 1.82) is 0 Å². The van der Waals surface area contributed by atoms with Crippen LogP contribution in [0.2, 0.25) is 5.02 Å². The molecule has 1 aliphatic carbocycles. The van der Waals surface area contributed by atoms with Crippen molar-refractivity contribution in [3.05, 3.63) is 63.2 Å². The molecular weight excluding hydrogens is 618 g/mol. The first-order valence-corrected chi connectivity index (χ1v) is 14.1. The quantitative estimate of drug-likeness (QED) is 0.290. The third kappa shape index (κ3) is 6.62. The van der Waals surface area contributed by atoms with E-state index in [1.54, 1.807) is 4.90 Å². The summed E-state index contributed by atoms with van der Waals surface area (Å²) in [5.74, 6) is -2.13. The molecular formula is C30H27ClF6N2O5. The summed E-state index contributed by atoms with van der Waals surface area (Å²) in [4.78, 5) is 27.3. The Bertz CT molecular complexity index is 1500. The summed E-state index contributed by atoms with van der Waals surface area (Å²) in [5.41, 5.74) is -3.11. The summed E-state index contributed by atoms with van der Waals surface area (Å²) in [6.07, 6.45) is 0.691. The van der Waals surface area contributed by atoms with Gasteiger partial charge in [-0.2, -0.15) is 13.2 Å². The van der Waals surface area contributed by atoms with Crippen LogP contribution in [0.1, 0.15) is 58.6 Å². The monoisotopic (exact) mass is 644 g/mol. The van der Waals surface area contributed by atoms with Crippen LogP contribution >= 0.6 is 11.6 Å². The van der Waals surface area contributed by atoms with Gasteiger partial charge in [0.25, 0.3) is 5.91 Å². The standard InChI is InChI=1S/C30H27ClF6N2O5/c1-2-23-26(28(41)42)39(15-44-23)27(40)20-11-19(16-3-4-16)24(12-22(20)32)43-14-29(34)5-7-38(8-6-29)13-17-9-18(30(35,36)37)10-21(31)25(17)33/h1,9-12,16,23,26H,3-8,13-15H2,(H,41,42)/t23-,26+/m1/s1. The number of piperidine rings is 1. The zero-order chi connectivity index (χ0) is 32.0. The normalized spacial score (nSPS) is 22.1. The summed E-state index contributed by atoms with van der Waals surface area (Å²) in [6, 6.07) is 1.98. The van der Waals surface area contributed by atoms with E-state index < -0.39 is 77.0 Å². The third-order valence-corrected chi connectivity index (χ3v) is 8.38. The van der Waals surface area contributed by atoms with Crippen LogP contribution in [-0.2, 0) is 22.3 Å². The minimum Gasteiger partial charge on any atom is -0.490 e. The number of halogens is 7. The van der Waals surface area contributed by atoms with E-state index in [-0.39, 0.29) is 49.7 Å². The number of carbonyl (C=O) groups is 2. The zero-order valence-electron chi connectivity index (χ0n) is 23.1. The average molecular weight is 645 g/mol. The van der Waals surface area contributed by atoms with Gasteiger partial charge in [0.15, 0.2) is 12.1 Å². The first-order valence-electron chi connectivity index (χ1n) is 13.7. The Kier molecular flexibility index (Phi) is 8.81. The molecule has 3 aliphatic rings. The van der Waals surface area contributed by atoms with Gasteiger partial charge in [0, 0.05) is 31.3 Å².